The van der Waals surface area contributed by atoms with Crippen LogP contribution in [0.25, 0.3) is 0 Å². The Bertz CT molecular complexity index is 751. The standard InChI is InChI=1S/C19H21BrClNO3/c1-4-24-17-9-6-13(10-18(17)25-5-2)12(3)22-19(23)15-11-14(20)7-8-16(15)21/h6-12H,4-5H2,1-3H3,(H,22,23). The molecule has 2 aromatic carbocycles. The van der Waals surface area contributed by atoms with Crippen LogP contribution < -0.4 is 14.8 Å². The maximum atomic E-state index is 12.5. The molecule has 0 spiro atoms. The molecule has 0 aromatic heterocycles. The van der Waals surface area contributed by atoms with E-state index in [0.717, 1.165) is 10.0 Å². The van der Waals surface area contributed by atoms with Gasteiger partial charge in [0.2, 0.25) is 0 Å². The van der Waals surface area contributed by atoms with E-state index in [-0.39, 0.29) is 11.9 Å². The molecule has 0 saturated heterocycles. The van der Waals surface area contributed by atoms with Gasteiger partial charge in [0.15, 0.2) is 11.5 Å². The molecule has 0 radical (unpaired) electrons. The summed E-state index contributed by atoms with van der Waals surface area (Å²) in [6.07, 6.45) is 0. The van der Waals surface area contributed by atoms with Crippen LogP contribution in [0.15, 0.2) is 40.9 Å². The summed E-state index contributed by atoms with van der Waals surface area (Å²) in [7, 11) is 0. The van der Waals surface area contributed by atoms with Gasteiger partial charge in [-0.05, 0) is 56.7 Å². The number of ether oxygens (including phenoxy) is 2. The molecule has 0 aliphatic heterocycles. The normalized spacial score (nSPS) is 11.7. The molecule has 4 nitrogen and oxygen atoms in total. The molecule has 1 amide bonds. The van der Waals surface area contributed by atoms with E-state index in [1.54, 1.807) is 18.2 Å². The van der Waals surface area contributed by atoms with E-state index < -0.39 is 0 Å². The van der Waals surface area contributed by atoms with Crippen molar-refractivity contribution in [3.8, 4) is 11.5 Å². The molecule has 134 valence electrons. The Labute approximate surface area is 161 Å². The van der Waals surface area contributed by atoms with Crippen molar-refractivity contribution < 1.29 is 14.3 Å². The second-order valence-electron chi connectivity index (χ2n) is 5.39. The smallest absolute Gasteiger partial charge is 0.253 e. The Hall–Kier alpha value is -1.72. The lowest BCUT2D eigenvalue weighted by Crippen LogP contribution is -2.27. The minimum atomic E-state index is -0.231. The summed E-state index contributed by atoms with van der Waals surface area (Å²) in [5.74, 6) is 1.13. The first-order chi connectivity index (χ1) is 12.0. The van der Waals surface area contributed by atoms with Crippen molar-refractivity contribution in [3.63, 3.8) is 0 Å². The van der Waals surface area contributed by atoms with Crippen molar-refractivity contribution in [2.45, 2.75) is 26.8 Å². The number of amides is 1. The molecule has 0 heterocycles. The summed E-state index contributed by atoms with van der Waals surface area (Å²) in [6.45, 7) is 6.86. The Balaban J connectivity index is 2.19. The van der Waals surface area contributed by atoms with Crippen molar-refractivity contribution in [1.29, 1.82) is 0 Å². The van der Waals surface area contributed by atoms with Gasteiger partial charge in [0.25, 0.3) is 5.91 Å². The number of carbonyl (C=O) groups excluding carboxylic acids is 1. The lowest BCUT2D eigenvalue weighted by molar-refractivity contribution is 0.0940. The second kappa shape index (κ2) is 9.11. The number of halogens is 2. The Morgan fingerprint density at radius 3 is 2.48 bits per heavy atom. The van der Waals surface area contributed by atoms with Crippen LogP contribution >= 0.6 is 27.5 Å². The Kier molecular flexibility index (Phi) is 7.14. The van der Waals surface area contributed by atoms with Crippen molar-refractivity contribution in [3.05, 3.63) is 57.0 Å². The SMILES string of the molecule is CCOc1ccc(C(C)NC(=O)c2cc(Br)ccc2Cl)cc1OCC. The Morgan fingerprint density at radius 1 is 1.12 bits per heavy atom. The molecule has 0 fully saturated rings. The third kappa shape index (κ3) is 5.13. The topological polar surface area (TPSA) is 47.6 Å². The van der Waals surface area contributed by atoms with E-state index in [2.05, 4.69) is 21.2 Å². The number of benzene rings is 2. The predicted molar refractivity (Wildman–Crippen MR) is 104 cm³/mol. The highest BCUT2D eigenvalue weighted by molar-refractivity contribution is 9.10. The highest BCUT2D eigenvalue weighted by Crippen LogP contribution is 2.31. The summed E-state index contributed by atoms with van der Waals surface area (Å²) < 4.78 is 12.0. The van der Waals surface area contributed by atoms with E-state index in [9.17, 15) is 4.79 Å². The summed E-state index contributed by atoms with van der Waals surface area (Å²) >= 11 is 9.48. The highest BCUT2D eigenvalue weighted by Gasteiger charge is 2.16. The average Bonchev–Trinajstić information content (AvgIpc) is 2.58. The molecular formula is C19H21BrClNO3. The molecule has 0 bridgehead atoms. The summed E-state index contributed by atoms with van der Waals surface area (Å²) in [6, 6.07) is 10.6. The van der Waals surface area contributed by atoms with E-state index in [1.807, 2.05) is 39.0 Å². The van der Waals surface area contributed by atoms with Gasteiger partial charge in [0.1, 0.15) is 0 Å². The molecule has 25 heavy (non-hydrogen) atoms. The molecule has 0 aliphatic carbocycles. The van der Waals surface area contributed by atoms with Crippen molar-refractivity contribution >= 4 is 33.4 Å². The minimum absolute atomic E-state index is 0.211. The minimum Gasteiger partial charge on any atom is -0.490 e. The van der Waals surface area contributed by atoms with Crippen molar-refractivity contribution in [2.75, 3.05) is 13.2 Å². The number of nitrogens with one attached hydrogen (secondary N) is 1. The molecule has 6 heteroatoms. The van der Waals surface area contributed by atoms with E-state index in [0.29, 0.717) is 35.3 Å². The fourth-order valence-corrected chi connectivity index (χ4v) is 2.93. The van der Waals surface area contributed by atoms with Gasteiger partial charge in [-0.1, -0.05) is 33.6 Å². The van der Waals surface area contributed by atoms with Gasteiger partial charge < -0.3 is 14.8 Å². The van der Waals surface area contributed by atoms with Gasteiger partial charge in [0, 0.05) is 4.47 Å². The van der Waals surface area contributed by atoms with Gasteiger partial charge >= 0.3 is 0 Å². The Morgan fingerprint density at radius 2 is 1.80 bits per heavy atom. The third-order valence-corrected chi connectivity index (χ3v) is 4.41. The molecule has 1 atom stereocenters. The van der Waals surface area contributed by atoms with Crippen LogP contribution in [0.5, 0.6) is 11.5 Å². The van der Waals surface area contributed by atoms with E-state index >= 15 is 0 Å². The molecule has 1 N–H and O–H groups in total. The third-order valence-electron chi connectivity index (χ3n) is 3.59. The number of rotatable bonds is 7. The molecule has 0 aliphatic rings. The molecule has 2 rings (SSSR count). The fraction of sp³-hybridized carbons (Fsp3) is 0.316. The molecule has 2 aromatic rings. The van der Waals surface area contributed by atoms with Gasteiger partial charge in [-0.2, -0.15) is 0 Å². The summed E-state index contributed by atoms with van der Waals surface area (Å²) in [5.41, 5.74) is 1.35. The molecule has 0 saturated carbocycles. The predicted octanol–water partition coefficient (Wildman–Crippen LogP) is 5.39. The molecular weight excluding hydrogens is 406 g/mol. The fourth-order valence-electron chi connectivity index (χ4n) is 2.37. The first-order valence-electron chi connectivity index (χ1n) is 8.11. The zero-order chi connectivity index (χ0) is 18.4. The van der Waals surface area contributed by atoms with Crippen LogP contribution in [0.4, 0.5) is 0 Å². The van der Waals surface area contributed by atoms with Crippen LogP contribution in [-0.2, 0) is 0 Å². The lowest BCUT2D eigenvalue weighted by atomic mass is 10.1. The zero-order valence-corrected chi connectivity index (χ0v) is 16.8. The zero-order valence-electron chi connectivity index (χ0n) is 14.4. The van der Waals surface area contributed by atoms with E-state index in [4.69, 9.17) is 21.1 Å². The molecule has 1 unspecified atom stereocenters. The maximum absolute atomic E-state index is 12.5. The lowest BCUT2D eigenvalue weighted by Gasteiger charge is -2.18. The van der Waals surface area contributed by atoms with Crippen LogP contribution in [0.2, 0.25) is 5.02 Å². The van der Waals surface area contributed by atoms with E-state index in [1.165, 1.54) is 0 Å². The van der Waals surface area contributed by atoms with Gasteiger partial charge in [0.05, 0.1) is 29.8 Å². The van der Waals surface area contributed by atoms with Gasteiger partial charge in [-0.15, -0.1) is 0 Å². The first kappa shape index (κ1) is 19.6. The number of hydrogen-bond acceptors (Lipinski definition) is 3. The number of hydrogen-bond donors (Lipinski definition) is 1. The van der Waals surface area contributed by atoms with Crippen LogP contribution in [0.1, 0.15) is 42.7 Å². The van der Waals surface area contributed by atoms with Gasteiger partial charge in [-0.3, -0.25) is 4.79 Å². The average molecular weight is 427 g/mol. The quantitative estimate of drug-likeness (QED) is 0.645. The van der Waals surface area contributed by atoms with Crippen LogP contribution in [-0.4, -0.2) is 19.1 Å². The van der Waals surface area contributed by atoms with Crippen LogP contribution in [0.3, 0.4) is 0 Å². The number of carbonyl (C=O) groups is 1. The van der Waals surface area contributed by atoms with Crippen LogP contribution in [0, 0.1) is 0 Å². The summed E-state index contributed by atoms with van der Waals surface area (Å²) in [4.78, 5) is 12.5. The highest BCUT2D eigenvalue weighted by atomic mass is 79.9. The first-order valence-corrected chi connectivity index (χ1v) is 9.28. The van der Waals surface area contributed by atoms with Gasteiger partial charge in [-0.25, -0.2) is 0 Å². The largest absolute Gasteiger partial charge is 0.490 e. The monoisotopic (exact) mass is 425 g/mol. The maximum Gasteiger partial charge on any atom is 0.253 e. The summed E-state index contributed by atoms with van der Waals surface area (Å²) in [5, 5.41) is 3.37. The van der Waals surface area contributed by atoms with Crippen molar-refractivity contribution in [1.82, 2.24) is 5.32 Å². The second-order valence-corrected chi connectivity index (χ2v) is 6.71. The van der Waals surface area contributed by atoms with Crippen molar-refractivity contribution in [2.24, 2.45) is 0 Å².